The van der Waals surface area contributed by atoms with Gasteiger partial charge >= 0.3 is 11.9 Å². The first-order chi connectivity index (χ1) is 14.9. The molecule has 0 amide bonds. The van der Waals surface area contributed by atoms with Crippen molar-refractivity contribution < 1.29 is 41.4 Å². The highest BCUT2D eigenvalue weighted by molar-refractivity contribution is 5.78. The van der Waals surface area contributed by atoms with E-state index < -0.39 is 82.9 Å². The van der Waals surface area contributed by atoms with Crippen molar-refractivity contribution in [1.82, 2.24) is 0 Å². The van der Waals surface area contributed by atoms with Gasteiger partial charge in [-0.1, -0.05) is 27.4 Å². The number of rotatable bonds is 9. The number of hydrogen-bond donors (Lipinski definition) is 0. The molecular formula is C22H23F4NO5. The first-order valence-electron chi connectivity index (χ1n) is 9.71. The summed E-state index contributed by atoms with van der Waals surface area (Å²) in [5, 5.41) is 9.17. The topological polar surface area (TPSA) is 85.6 Å². The van der Waals surface area contributed by atoms with Gasteiger partial charge in [-0.05, 0) is 5.41 Å². The average Bonchev–Trinajstić information content (AvgIpc) is 3.33. The lowest BCUT2D eigenvalue weighted by molar-refractivity contribution is -0.151. The monoisotopic (exact) mass is 457 g/mol. The number of hydrogen-bond acceptors (Lipinski definition) is 6. The van der Waals surface area contributed by atoms with Crippen LogP contribution >= 0.6 is 0 Å². The van der Waals surface area contributed by atoms with E-state index in [-0.39, 0.29) is 12.0 Å². The zero-order valence-corrected chi connectivity index (χ0v) is 18.1. The van der Waals surface area contributed by atoms with Gasteiger partial charge in [0, 0.05) is 19.4 Å². The van der Waals surface area contributed by atoms with Gasteiger partial charge in [-0.25, -0.2) is 17.6 Å². The van der Waals surface area contributed by atoms with Crippen LogP contribution in [0.2, 0.25) is 0 Å². The van der Waals surface area contributed by atoms with Gasteiger partial charge in [-0.2, -0.15) is 5.26 Å². The van der Waals surface area contributed by atoms with Crippen LogP contribution in [0.1, 0.15) is 38.3 Å². The van der Waals surface area contributed by atoms with Gasteiger partial charge in [0.25, 0.3) is 0 Å². The van der Waals surface area contributed by atoms with Crippen LogP contribution in [-0.2, 0) is 37.0 Å². The molecule has 3 unspecified atom stereocenters. The van der Waals surface area contributed by atoms with E-state index in [4.69, 9.17) is 14.7 Å². The lowest BCUT2D eigenvalue weighted by atomic mass is 10.0. The van der Waals surface area contributed by atoms with E-state index in [1.807, 2.05) is 0 Å². The van der Waals surface area contributed by atoms with E-state index in [0.717, 1.165) is 7.11 Å². The molecule has 1 aromatic carbocycles. The molecule has 0 saturated heterocycles. The van der Waals surface area contributed by atoms with Crippen LogP contribution < -0.4 is 0 Å². The molecule has 1 aromatic rings. The Hall–Kier alpha value is -2.93. The van der Waals surface area contributed by atoms with Crippen molar-refractivity contribution >= 4 is 11.9 Å². The Balaban J connectivity index is 2.22. The van der Waals surface area contributed by atoms with Crippen LogP contribution in [0.3, 0.4) is 0 Å². The minimum Gasteiger partial charge on any atom is -0.460 e. The van der Waals surface area contributed by atoms with Gasteiger partial charge < -0.3 is 14.2 Å². The first kappa shape index (κ1) is 25.3. The second-order valence-electron chi connectivity index (χ2n) is 7.98. The van der Waals surface area contributed by atoms with Crippen LogP contribution in [0.4, 0.5) is 17.6 Å². The summed E-state index contributed by atoms with van der Waals surface area (Å²) >= 11 is 0. The predicted octanol–water partition coefficient (Wildman–Crippen LogP) is 4.11. The van der Waals surface area contributed by atoms with E-state index >= 15 is 0 Å². The molecule has 0 bridgehead atoms. The summed E-state index contributed by atoms with van der Waals surface area (Å²) in [7, 11) is 1.10. The Kier molecular flexibility index (Phi) is 7.67. The summed E-state index contributed by atoms with van der Waals surface area (Å²) in [5.74, 6) is -9.78. The summed E-state index contributed by atoms with van der Waals surface area (Å²) in [5.41, 5.74) is -2.88. The Bertz CT molecular complexity index is 957. The van der Waals surface area contributed by atoms with Crippen molar-refractivity contribution in [3.8, 4) is 6.07 Å². The van der Waals surface area contributed by atoms with Gasteiger partial charge in [-0.3, -0.25) is 9.59 Å². The van der Waals surface area contributed by atoms with E-state index in [2.05, 4.69) is 11.3 Å². The standard InChI is InChI=1S/C22H23F4NO5/c1-6-13(28)32-20(10(2)7-27)14-15(22(14,3)4)21(29)31-9-12-18(25)16(23)11(8-30-5)17(24)19(12)26/h14-15,20H,2,6,8-9H2,1,3-5H3. The summed E-state index contributed by atoms with van der Waals surface area (Å²) in [6, 6.07) is 1.80. The van der Waals surface area contributed by atoms with Crippen LogP contribution in [-0.4, -0.2) is 25.2 Å². The Morgan fingerprint density at radius 3 is 2.03 bits per heavy atom. The summed E-state index contributed by atoms with van der Waals surface area (Å²) in [6.07, 6.45) is -1.05. The molecule has 32 heavy (non-hydrogen) atoms. The molecule has 2 rings (SSSR count). The van der Waals surface area contributed by atoms with Gasteiger partial charge in [0.1, 0.15) is 12.7 Å². The molecule has 10 heteroatoms. The largest absolute Gasteiger partial charge is 0.460 e. The quantitative estimate of drug-likeness (QED) is 0.240. The van der Waals surface area contributed by atoms with E-state index in [1.165, 1.54) is 0 Å². The third kappa shape index (κ3) is 4.63. The lowest BCUT2D eigenvalue weighted by Crippen LogP contribution is -2.24. The number of methoxy groups -OCH3 is 1. The molecule has 0 aromatic heterocycles. The lowest BCUT2D eigenvalue weighted by Gasteiger charge is -2.17. The molecule has 174 valence electrons. The van der Waals surface area contributed by atoms with Gasteiger partial charge in [-0.15, -0.1) is 0 Å². The van der Waals surface area contributed by atoms with E-state index in [0.29, 0.717) is 0 Å². The maximum absolute atomic E-state index is 14.3. The molecule has 0 radical (unpaired) electrons. The molecule has 3 atom stereocenters. The number of esters is 2. The zero-order chi connectivity index (χ0) is 24.4. The van der Waals surface area contributed by atoms with Crippen molar-refractivity contribution in [2.24, 2.45) is 17.3 Å². The predicted molar refractivity (Wildman–Crippen MR) is 102 cm³/mol. The third-order valence-corrected chi connectivity index (χ3v) is 5.62. The Labute approximate surface area is 182 Å². The zero-order valence-electron chi connectivity index (χ0n) is 18.1. The molecule has 1 fully saturated rings. The van der Waals surface area contributed by atoms with Crippen molar-refractivity contribution in [2.75, 3.05) is 7.11 Å². The summed E-state index contributed by atoms with van der Waals surface area (Å²) in [6.45, 7) is 6.67. The third-order valence-electron chi connectivity index (χ3n) is 5.62. The fraction of sp³-hybridized carbons (Fsp3) is 0.500. The maximum Gasteiger partial charge on any atom is 0.310 e. The van der Waals surface area contributed by atoms with E-state index in [9.17, 15) is 27.2 Å². The fourth-order valence-corrected chi connectivity index (χ4v) is 3.70. The smallest absolute Gasteiger partial charge is 0.310 e. The molecule has 1 aliphatic rings. The number of carbonyl (C=O) groups excluding carboxylic acids is 2. The van der Waals surface area contributed by atoms with Crippen LogP contribution in [0.5, 0.6) is 0 Å². The molecule has 0 aliphatic heterocycles. The molecule has 6 nitrogen and oxygen atoms in total. The van der Waals surface area contributed by atoms with Crippen molar-refractivity contribution in [2.45, 2.75) is 46.5 Å². The highest BCUT2D eigenvalue weighted by Crippen LogP contribution is 2.62. The van der Waals surface area contributed by atoms with Gasteiger partial charge in [0.2, 0.25) is 0 Å². The van der Waals surface area contributed by atoms with Crippen LogP contribution in [0, 0.1) is 51.9 Å². The van der Waals surface area contributed by atoms with E-state index in [1.54, 1.807) is 26.8 Å². The number of nitrogens with zero attached hydrogens (tertiary/aromatic N) is 1. The minimum atomic E-state index is -1.69. The van der Waals surface area contributed by atoms with Gasteiger partial charge in [0.05, 0.1) is 35.3 Å². The highest BCUT2D eigenvalue weighted by Gasteiger charge is 2.67. The SMILES string of the molecule is C=C(C#N)C(OC(=O)CC)C1C(C(=O)OCc2c(F)c(F)c(COC)c(F)c2F)C1(C)C. The molecular weight excluding hydrogens is 434 g/mol. The number of benzene rings is 1. The summed E-state index contributed by atoms with van der Waals surface area (Å²) < 4.78 is 71.4. The Morgan fingerprint density at radius 1 is 1.09 bits per heavy atom. The second-order valence-corrected chi connectivity index (χ2v) is 7.98. The number of nitriles is 1. The summed E-state index contributed by atoms with van der Waals surface area (Å²) in [4.78, 5) is 24.3. The fourth-order valence-electron chi connectivity index (χ4n) is 3.70. The number of carbonyl (C=O) groups is 2. The molecule has 1 aliphatic carbocycles. The average molecular weight is 457 g/mol. The van der Waals surface area contributed by atoms with Crippen molar-refractivity contribution in [1.29, 1.82) is 5.26 Å². The number of ether oxygens (including phenoxy) is 3. The normalized spacial score (nSPS) is 19.6. The van der Waals surface area contributed by atoms with Crippen molar-refractivity contribution in [3.05, 3.63) is 46.5 Å². The number of halogens is 4. The minimum absolute atomic E-state index is 0.0339. The van der Waals surface area contributed by atoms with Gasteiger partial charge in [0.15, 0.2) is 23.3 Å². The van der Waals surface area contributed by atoms with Crippen LogP contribution in [0.15, 0.2) is 12.2 Å². The van der Waals surface area contributed by atoms with Crippen molar-refractivity contribution in [3.63, 3.8) is 0 Å². The molecule has 1 saturated carbocycles. The molecule has 0 heterocycles. The maximum atomic E-state index is 14.3. The molecule has 0 spiro atoms. The second kappa shape index (κ2) is 9.69. The first-order valence-corrected chi connectivity index (χ1v) is 9.71. The highest BCUT2D eigenvalue weighted by atomic mass is 19.2. The van der Waals surface area contributed by atoms with Crippen LogP contribution in [0.25, 0.3) is 0 Å². The Morgan fingerprint density at radius 2 is 1.59 bits per heavy atom. The molecule has 0 N–H and O–H groups in total.